The fourth-order valence-electron chi connectivity index (χ4n) is 2.22. The van der Waals surface area contributed by atoms with E-state index in [2.05, 4.69) is 25.9 Å². The second kappa shape index (κ2) is 9.02. The molecule has 6 nitrogen and oxygen atoms in total. The van der Waals surface area contributed by atoms with Crippen molar-refractivity contribution in [3.63, 3.8) is 0 Å². The first-order valence-corrected chi connectivity index (χ1v) is 9.02. The SMILES string of the molecule is CN=C(NCCCNC(=O)C1CCC1)NCc1nc(C(F)(F)F)cs1. The van der Waals surface area contributed by atoms with Crippen molar-refractivity contribution in [3.05, 3.63) is 16.1 Å². The molecule has 0 bridgehead atoms. The molecular formula is C15H22F3N5OS. The minimum absolute atomic E-state index is 0.123. The molecule has 0 radical (unpaired) electrons. The molecule has 1 aliphatic rings. The number of halogens is 3. The van der Waals surface area contributed by atoms with E-state index >= 15 is 0 Å². The summed E-state index contributed by atoms with van der Waals surface area (Å²) in [6, 6.07) is 0. The fraction of sp³-hybridized carbons (Fsp3) is 0.667. The van der Waals surface area contributed by atoms with Crippen molar-refractivity contribution in [3.8, 4) is 0 Å². The van der Waals surface area contributed by atoms with Crippen LogP contribution in [0.4, 0.5) is 13.2 Å². The number of hydrogen-bond donors (Lipinski definition) is 3. The van der Waals surface area contributed by atoms with Gasteiger partial charge in [0.2, 0.25) is 5.91 Å². The van der Waals surface area contributed by atoms with Crippen LogP contribution in [0.2, 0.25) is 0 Å². The van der Waals surface area contributed by atoms with E-state index in [-0.39, 0.29) is 18.4 Å². The molecule has 0 aliphatic heterocycles. The lowest BCUT2D eigenvalue weighted by Gasteiger charge is -2.24. The minimum Gasteiger partial charge on any atom is -0.356 e. The molecule has 1 amide bonds. The van der Waals surface area contributed by atoms with Gasteiger partial charge in [-0.1, -0.05) is 6.42 Å². The zero-order valence-electron chi connectivity index (χ0n) is 13.9. The number of nitrogens with one attached hydrogen (secondary N) is 3. The van der Waals surface area contributed by atoms with Crippen molar-refractivity contribution < 1.29 is 18.0 Å². The Morgan fingerprint density at radius 1 is 1.32 bits per heavy atom. The molecule has 25 heavy (non-hydrogen) atoms. The van der Waals surface area contributed by atoms with Crippen LogP contribution in [-0.4, -0.2) is 37.0 Å². The molecule has 1 aromatic heterocycles. The van der Waals surface area contributed by atoms with Crippen LogP contribution in [0, 0.1) is 5.92 Å². The summed E-state index contributed by atoms with van der Waals surface area (Å²) >= 11 is 0.950. The van der Waals surface area contributed by atoms with Gasteiger partial charge in [0.1, 0.15) is 5.01 Å². The van der Waals surface area contributed by atoms with Crippen molar-refractivity contribution in [1.82, 2.24) is 20.9 Å². The van der Waals surface area contributed by atoms with Crippen LogP contribution >= 0.6 is 11.3 Å². The second-order valence-corrected chi connectivity index (χ2v) is 6.69. The van der Waals surface area contributed by atoms with Gasteiger partial charge in [-0.05, 0) is 19.3 Å². The maximum atomic E-state index is 12.5. The van der Waals surface area contributed by atoms with Crippen LogP contribution in [0.15, 0.2) is 10.4 Å². The Kier molecular flexibility index (Phi) is 7.03. The number of aliphatic imine (C=N–C) groups is 1. The molecule has 140 valence electrons. The second-order valence-electron chi connectivity index (χ2n) is 5.75. The Balaban J connectivity index is 1.62. The Morgan fingerprint density at radius 2 is 2.04 bits per heavy atom. The molecule has 0 unspecified atom stereocenters. The molecule has 1 heterocycles. The topological polar surface area (TPSA) is 78.4 Å². The van der Waals surface area contributed by atoms with Gasteiger partial charge in [-0.3, -0.25) is 9.79 Å². The predicted molar refractivity (Wildman–Crippen MR) is 90.3 cm³/mol. The number of amides is 1. The normalized spacial score (nSPS) is 15.6. The van der Waals surface area contributed by atoms with E-state index in [4.69, 9.17) is 0 Å². The monoisotopic (exact) mass is 377 g/mol. The highest BCUT2D eigenvalue weighted by molar-refractivity contribution is 7.09. The fourth-order valence-corrected chi connectivity index (χ4v) is 2.96. The van der Waals surface area contributed by atoms with Crippen LogP contribution < -0.4 is 16.0 Å². The molecule has 0 saturated heterocycles. The van der Waals surface area contributed by atoms with Gasteiger partial charge in [0.05, 0.1) is 6.54 Å². The third kappa shape index (κ3) is 6.18. The highest BCUT2D eigenvalue weighted by Crippen LogP contribution is 2.29. The minimum atomic E-state index is -4.42. The summed E-state index contributed by atoms with van der Waals surface area (Å²) in [5.74, 6) is 0.786. The summed E-state index contributed by atoms with van der Waals surface area (Å²) in [5, 5.41) is 10.2. The number of aromatic nitrogens is 1. The number of carbonyl (C=O) groups excluding carboxylic acids is 1. The van der Waals surface area contributed by atoms with Crippen molar-refractivity contribution in [2.45, 2.75) is 38.4 Å². The Hall–Kier alpha value is -1.84. The van der Waals surface area contributed by atoms with Crippen LogP contribution in [0.25, 0.3) is 0 Å². The van der Waals surface area contributed by atoms with E-state index in [1.165, 1.54) is 0 Å². The molecule has 1 fully saturated rings. The standard InChI is InChI=1S/C15H22F3N5OS/c1-19-14(21-7-3-6-20-13(24)10-4-2-5-10)22-8-12-23-11(9-25-12)15(16,17)18/h9-10H,2-8H2,1H3,(H,20,24)(H2,19,21,22). The highest BCUT2D eigenvalue weighted by atomic mass is 32.1. The van der Waals surface area contributed by atoms with E-state index in [1.807, 2.05) is 0 Å². The van der Waals surface area contributed by atoms with Crippen LogP contribution in [0.3, 0.4) is 0 Å². The van der Waals surface area contributed by atoms with Gasteiger partial charge in [0, 0.05) is 31.4 Å². The molecule has 1 aliphatic carbocycles. The Bertz CT molecular complexity index is 598. The van der Waals surface area contributed by atoms with Crippen LogP contribution in [0.5, 0.6) is 0 Å². The lowest BCUT2D eigenvalue weighted by Crippen LogP contribution is -2.39. The summed E-state index contributed by atoms with van der Waals surface area (Å²) in [6.07, 6.45) is -0.598. The number of guanidine groups is 1. The molecule has 1 saturated carbocycles. The predicted octanol–water partition coefficient (Wildman–Crippen LogP) is 2.13. The maximum absolute atomic E-state index is 12.5. The quantitative estimate of drug-likeness (QED) is 0.386. The molecular weight excluding hydrogens is 355 g/mol. The first-order valence-electron chi connectivity index (χ1n) is 8.14. The molecule has 0 aromatic carbocycles. The Morgan fingerprint density at radius 3 is 2.60 bits per heavy atom. The average molecular weight is 377 g/mol. The van der Waals surface area contributed by atoms with Gasteiger partial charge in [-0.25, -0.2) is 4.98 Å². The van der Waals surface area contributed by atoms with Crippen LogP contribution in [-0.2, 0) is 17.5 Å². The smallest absolute Gasteiger partial charge is 0.356 e. The lowest BCUT2D eigenvalue weighted by molar-refractivity contribution is -0.140. The number of nitrogens with zero attached hydrogens (tertiary/aromatic N) is 2. The first kappa shape index (κ1) is 19.5. The van der Waals surface area contributed by atoms with E-state index in [0.717, 1.165) is 42.4 Å². The maximum Gasteiger partial charge on any atom is 0.434 e. The van der Waals surface area contributed by atoms with E-state index in [1.54, 1.807) is 7.05 Å². The number of carbonyl (C=O) groups is 1. The zero-order valence-corrected chi connectivity index (χ0v) is 14.8. The number of thiazole rings is 1. The molecule has 0 spiro atoms. The van der Waals surface area contributed by atoms with Crippen molar-refractivity contribution in [1.29, 1.82) is 0 Å². The number of rotatable bonds is 7. The molecule has 3 N–H and O–H groups in total. The third-order valence-corrected chi connectivity index (χ3v) is 4.74. The molecule has 10 heteroatoms. The lowest BCUT2D eigenvalue weighted by atomic mass is 9.85. The zero-order chi connectivity index (χ0) is 18.3. The van der Waals surface area contributed by atoms with Crippen molar-refractivity contribution >= 4 is 23.2 Å². The van der Waals surface area contributed by atoms with Crippen LogP contribution in [0.1, 0.15) is 36.4 Å². The molecule has 0 atom stereocenters. The largest absolute Gasteiger partial charge is 0.434 e. The summed E-state index contributed by atoms with van der Waals surface area (Å²) in [6.45, 7) is 1.34. The van der Waals surface area contributed by atoms with E-state index in [0.29, 0.717) is 24.1 Å². The number of hydrogen-bond acceptors (Lipinski definition) is 4. The van der Waals surface area contributed by atoms with E-state index in [9.17, 15) is 18.0 Å². The summed E-state index contributed by atoms with van der Waals surface area (Å²) in [5.41, 5.74) is -0.876. The van der Waals surface area contributed by atoms with Gasteiger partial charge in [-0.15, -0.1) is 11.3 Å². The van der Waals surface area contributed by atoms with Crippen molar-refractivity contribution in [2.24, 2.45) is 10.9 Å². The van der Waals surface area contributed by atoms with Gasteiger partial charge >= 0.3 is 6.18 Å². The van der Waals surface area contributed by atoms with Crippen molar-refractivity contribution in [2.75, 3.05) is 20.1 Å². The van der Waals surface area contributed by atoms with Gasteiger partial charge in [0.25, 0.3) is 0 Å². The molecule has 1 aromatic rings. The van der Waals surface area contributed by atoms with Gasteiger partial charge < -0.3 is 16.0 Å². The summed E-state index contributed by atoms with van der Waals surface area (Å²) in [4.78, 5) is 19.2. The molecule has 2 rings (SSSR count). The highest BCUT2D eigenvalue weighted by Gasteiger charge is 2.33. The first-order chi connectivity index (χ1) is 11.9. The van der Waals surface area contributed by atoms with Gasteiger partial charge in [0.15, 0.2) is 11.7 Å². The third-order valence-electron chi connectivity index (χ3n) is 3.89. The average Bonchev–Trinajstić information content (AvgIpc) is 2.97. The summed E-state index contributed by atoms with van der Waals surface area (Å²) in [7, 11) is 1.58. The number of alkyl halides is 3. The van der Waals surface area contributed by atoms with E-state index < -0.39 is 11.9 Å². The summed E-state index contributed by atoms with van der Waals surface area (Å²) < 4.78 is 37.5. The van der Waals surface area contributed by atoms with Gasteiger partial charge in [-0.2, -0.15) is 13.2 Å². The Labute approximate surface area is 148 Å².